The van der Waals surface area contributed by atoms with Crippen LogP contribution in [0, 0.1) is 18.8 Å². The van der Waals surface area contributed by atoms with Crippen LogP contribution in [-0.4, -0.2) is 113 Å². The van der Waals surface area contributed by atoms with Gasteiger partial charge in [-0.1, -0.05) is 6.92 Å². The lowest BCUT2D eigenvalue weighted by atomic mass is 9.58. The molecule has 2 unspecified atom stereocenters. The number of allylic oxidation sites excluding steroid dienone is 1. The molecule has 4 atom stereocenters. The number of aromatic hydroxyl groups is 1. The molecule has 3 aliphatic carbocycles. The molecular formula is C34H41N5O13. The van der Waals surface area contributed by atoms with E-state index in [2.05, 4.69) is 5.32 Å². The quantitative estimate of drug-likeness (QED) is 0.147. The van der Waals surface area contributed by atoms with Crippen LogP contribution in [0.4, 0.5) is 16.2 Å². The monoisotopic (exact) mass is 727 g/mol. The Balaban J connectivity index is 1.49. The van der Waals surface area contributed by atoms with E-state index in [0.29, 0.717) is 17.7 Å². The Bertz CT molecular complexity index is 1990. The van der Waals surface area contributed by atoms with Crippen LogP contribution in [0.15, 0.2) is 42.4 Å². The van der Waals surface area contributed by atoms with E-state index < -0.39 is 94.8 Å². The summed E-state index contributed by atoms with van der Waals surface area (Å²) in [5, 5.41) is 48.5. The summed E-state index contributed by atoms with van der Waals surface area (Å²) < 4.78 is 14.8. The number of nitrogens with zero attached hydrogens (tertiary/aromatic N) is 3. The number of primary amides is 1. The number of phenolic OH excluding ortho intramolecular Hbond substituents is 1. The molecule has 0 bridgehead atoms. The molecule has 3 amide bonds. The molecule has 1 aromatic heterocycles. The van der Waals surface area contributed by atoms with Crippen molar-refractivity contribution in [3.8, 4) is 5.75 Å². The summed E-state index contributed by atoms with van der Waals surface area (Å²) in [6.45, 7) is 2.34. The van der Waals surface area contributed by atoms with Crippen molar-refractivity contribution in [3.05, 3.63) is 62.0 Å². The summed E-state index contributed by atoms with van der Waals surface area (Å²) in [7, 11) is 6.42. The number of anilines is 2. The minimum absolute atomic E-state index is 0.00333. The van der Waals surface area contributed by atoms with Crippen molar-refractivity contribution in [1.29, 1.82) is 0 Å². The first-order chi connectivity index (χ1) is 24.3. The van der Waals surface area contributed by atoms with Crippen LogP contribution in [0.1, 0.15) is 47.2 Å². The number of ether oxygens (including phenoxy) is 1. The summed E-state index contributed by atoms with van der Waals surface area (Å²) >= 11 is 0. The fraction of sp³-hybridized carbons (Fsp3) is 0.471. The second kappa shape index (κ2) is 13.8. The second-order valence-electron chi connectivity index (χ2n) is 13.5. The number of aliphatic hydroxyl groups excluding tert-OH is 2. The van der Waals surface area contributed by atoms with E-state index >= 15 is 0 Å². The maximum Gasteiger partial charge on any atom is 0.519 e. The van der Waals surface area contributed by atoms with Gasteiger partial charge in [-0.05, 0) is 57.8 Å². The van der Waals surface area contributed by atoms with Gasteiger partial charge in [0.15, 0.2) is 35.3 Å². The molecule has 1 heterocycles. The number of phenols is 1. The standard InChI is InChI=1S/C34H41N5O13/c1-7-8-39(32(47)50-13-20-14(2)51-33(48)52-20)12-21(40)36-18-11-19(37(3)4)16-9-15-10-17-25(38(5)6)28(43)24(31(35)46)30(45)34(17,49)29(44)22(15)27(42)23(16)26(18)41/h11,15,17,25,41,43-44,49H,7-10,12-13H2,1-6H3,(H2,35,46)(H,36,40)/t15?,17?,25-,34-/m0/s1. The zero-order valence-corrected chi connectivity index (χ0v) is 29.4. The maximum absolute atomic E-state index is 14.3. The van der Waals surface area contributed by atoms with Gasteiger partial charge in [-0.3, -0.25) is 29.0 Å². The summed E-state index contributed by atoms with van der Waals surface area (Å²) in [5.41, 5.74) is 1.58. The second-order valence-corrected chi connectivity index (χ2v) is 13.5. The number of hydrogen-bond donors (Lipinski definition) is 6. The third-order valence-electron chi connectivity index (χ3n) is 9.70. The molecule has 0 fully saturated rings. The van der Waals surface area contributed by atoms with Crippen molar-refractivity contribution >= 4 is 40.8 Å². The van der Waals surface area contributed by atoms with Crippen molar-refractivity contribution in [2.45, 2.75) is 51.4 Å². The Hall–Kier alpha value is -5.62. The van der Waals surface area contributed by atoms with Gasteiger partial charge in [0.25, 0.3) is 5.91 Å². The van der Waals surface area contributed by atoms with Gasteiger partial charge in [-0.25, -0.2) is 9.59 Å². The predicted octanol–water partition coefficient (Wildman–Crippen LogP) is 1.03. The van der Waals surface area contributed by atoms with E-state index in [1.54, 1.807) is 40.0 Å². The van der Waals surface area contributed by atoms with Gasteiger partial charge in [0, 0.05) is 37.8 Å². The van der Waals surface area contributed by atoms with E-state index in [1.165, 1.54) is 17.9 Å². The van der Waals surface area contributed by atoms with E-state index in [1.807, 2.05) is 0 Å². The molecule has 280 valence electrons. The van der Waals surface area contributed by atoms with Gasteiger partial charge >= 0.3 is 11.9 Å². The van der Waals surface area contributed by atoms with Crippen LogP contribution in [0.25, 0.3) is 0 Å². The normalized spacial score (nSPS) is 22.5. The number of Topliss-reactive ketones (excluding diaryl/α,β-unsaturated/α-hetero) is 2. The minimum atomic E-state index is -2.81. The number of rotatable bonds is 10. The number of fused-ring (bicyclic) bond motifs is 3. The van der Waals surface area contributed by atoms with Crippen LogP contribution in [0.5, 0.6) is 5.75 Å². The molecule has 0 saturated carbocycles. The molecular weight excluding hydrogens is 686 g/mol. The third kappa shape index (κ3) is 6.17. The number of amides is 3. The molecule has 0 saturated heterocycles. The van der Waals surface area contributed by atoms with E-state index in [4.69, 9.17) is 19.3 Å². The van der Waals surface area contributed by atoms with Crippen molar-refractivity contribution in [2.24, 2.45) is 17.6 Å². The Morgan fingerprint density at radius 2 is 1.77 bits per heavy atom. The van der Waals surface area contributed by atoms with Crippen molar-refractivity contribution in [2.75, 3.05) is 51.5 Å². The smallest absolute Gasteiger partial charge is 0.510 e. The molecule has 18 heteroatoms. The molecule has 5 rings (SSSR count). The number of nitrogens with two attached hydrogens (primary N) is 1. The first-order valence-corrected chi connectivity index (χ1v) is 16.4. The maximum atomic E-state index is 14.3. The molecule has 0 radical (unpaired) electrons. The lowest BCUT2D eigenvalue weighted by Crippen LogP contribution is -2.63. The Morgan fingerprint density at radius 1 is 1.10 bits per heavy atom. The highest BCUT2D eigenvalue weighted by molar-refractivity contribution is 6.25. The van der Waals surface area contributed by atoms with Gasteiger partial charge in [0.1, 0.15) is 23.6 Å². The number of carbonyl (C=O) groups excluding carboxylic acids is 5. The number of ketones is 2. The topological polar surface area (TPSA) is 267 Å². The van der Waals surface area contributed by atoms with Gasteiger partial charge in [-0.15, -0.1) is 0 Å². The summed E-state index contributed by atoms with van der Waals surface area (Å²) in [5.74, 6) is -9.58. The van der Waals surface area contributed by atoms with Crippen LogP contribution in [0.3, 0.4) is 0 Å². The largest absolute Gasteiger partial charge is 0.519 e. The molecule has 52 heavy (non-hydrogen) atoms. The molecule has 0 aliphatic heterocycles. The molecule has 2 aromatic rings. The fourth-order valence-electron chi connectivity index (χ4n) is 7.39. The van der Waals surface area contributed by atoms with E-state index in [0.717, 1.165) is 4.90 Å². The van der Waals surface area contributed by atoms with Gasteiger partial charge in [0.05, 0.1) is 17.3 Å². The van der Waals surface area contributed by atoms with Crippen LogP contribution >= 0.6 is 0 Å². The van der Waals surface area contributed by atoms with E-state index in [-0.39, 0.29) is 47.7 Å². The molecule has 0 spiro atoms. The van der Waals surface area contributed by atoms with Crippen molar-refractivity contribution in [3.63, 3.8) is 0 Å². The van der Waals surface area contributed by atoms with Gasteiger partial charge in [0.2, 0.25) is 11.7 Å². The first-order valence-electron chi connectivity index (χ1n) is 16.4. The number of aliphatic hydroxyl groups is 3. The fourth-order valence-corrected chi connectivity index (χ4v) is 7.39. The summed E-state index contributed by atoms with van der Waals surface area (Å²) in [6.07, 6.45) is -0.520. The average molecular weight is 728 g/mol. The lowest BCUT2D eigenvalue weighted by molar-refractivity contribution is -0.148. The number of nitrogens with one attached hydrogen (secondary N) is 1. The highest BCUT2D eigenvalue weighted by atomic mass is 16.6. The SMILES string of the molecule is CCCN(CC(=O)Nc1cc(N(C)C)c2c(c1O)C(=O)C1=C(O)[C@]3(O)C(=O)C(C(N)=O)=C(O)[C@@H](N(C)C)C3CC1C2)C(=O)OCc1oc(=O)oc1C. The number of aryl methyl sites for hydroxylation is 1. The Morgan fingerprint density at radius 3 is 2.33 bits per heavy atom. The van der Waals surface area contributed by atoms with Crippen LogP contribution < -0.4 is 21.8 Å². The third-order valence-corrected chi connectivity index (χ3v) is 9.70. The highest BCUT2D eigenvalue weighted by Crippen LogP contribution is 2.54. The highest BCUT2D eigenvalue weighted by Gasteiger charge is 2.63. The summed E-state index contributed by atoms with van der Waals surface area (Å²) in [4.78, 5) is 81.8. The molecule has 3 aliphatic rings. The number of likely N-dealkylation sites (N-methyl/N-ethyl adjacent to an activating group) is 1. The Labute approximate surface area is 296 Å². The first kappa shape index (κ1) is 37.6. The van der Waals surface area contributed by atoms with Crippen LogP contribution in [0.2, 0.25) is 0 Å². The molecule has 18 nitrogen and oxygen atoms in total. The number of carbonyl (C=O) groups is 5. The van der Waals surface area contributed by atoms with Gasteiger partial charge in [-0.2, -0.15) is 0 Å². The molecule has 1 aromatic carbocycles. The average Bonchev–Trinajstić information content (AvgIpc) is 3.38. The van der Waals surface area contributed by atoms with E-state index in [9.17, 15) is 49.2 Å². The predicted molar refractivity (Wildman–Crippen MR) is 181 cm³/mol. The Kier molecular flexibility index (Phi) is 10.0. The minimum Gasteiger partial charge on any atom is -0.510 e. The van der Waals surface area contributed by atoms with Gasteiger partial charge < -0.3 is 49.9 Å². The number of hydrogen-bond acceptors (Lipinski definition) is 15. The lowest BCUT2D eigenvalue weighted by Gasteiger charge is -2.50. The molecule has 7 N–H and O–H groups in total. The van der Waals surface area contributed by atoms with Crippen molar-refractivity contribution < 1.29 is 58.0 Å². The summed E-state index contributed by atoms with van der Waals surface area (Å²) in [6, 6.07) is 0.310. The van der Waals surface area contributed by atoms with Crippen LogP contribution in [-0.2, 0) is 32.1 Å². The zero-order chi connectivity index (χ0) is 38.6. The zero-order valence-electron chi connectivity index (χ0n) is 29.4. The van der Waals surface area contributed by atoms with Crippen molar-refractivity contribution in [1.82, 2.24) is 9.80 Å². The number of benzene rings is 1.